The van der Waals surface area contributed by atoms with E-state index in [-0.39, 0.29) is 12.9 Å². The predicted molar refractivity (Wildman–Crippen MR) is 114 cm³/mol. The van der Waals surface area contributed by atoms with Gasteiger partial charge < -0.3 is 23.6 Å². The first-order valence-corrected chi connectivity index (χ1v) is 9.71. The summed E-state index contributed by atoms with van der Waals surface area (Å²) in [6.07, 6.45) is 1.12. The van der Waals surface area contributed by atoms with Gasteiger partial charge in [-0.2, -0.15) is 0 Å². The third-order valence-electron chi connectivity index (χ3n) is 4.41. The second-order valence-electron chi connectivity index (χ2n) is 7.11. The lowest BCUT2D eigenvalue weighted by Gasteiger charge is -2.20. The smallest absolute Gasteiger partial charge is 0.256 e. The molecule has 1 aromatic heterocycles. The van der Waals surface area contributed by atoms with E-state index in [9.17, 15) is 0 Å². The summed E-state index contributed by atoms with van der Waals surface area (Å²) in [4.78, 5) is 2.23. The van der Waals surface area contributed by atoms with E-state index in [0.717, 1.165) is 30.0 Å². The normalized spacial score (nSPS) is 10.9. The molecule has 2 aromatic carbocycles. The molecule has 0 radical (unpaired) electrons. The van der Waals surface area contributed by atoms with E-state index >= 15 is 0 Å². The van der Waals surface area contributed by atoms with Gasteiger partial charge in [0.2, 0.25) is 0 Å². The van der Waals surface area contributed by atoms with Gasteiger partial charge in [-0.05, 0) is 67.4 Å². The summed E-state index contributed by atoms with van der Waals surface area (Å²) in [5.41, 5.74) is 3.34. The Morgan fingerprint density at radius 1 is 1.07 bits per heavy atom. The van der Waals surface area contributed by atoms with Crippen molar-refractivity contribution < 1.29 is 18.7 Å². The zero-order chi connectivity index (χ0) is 20.6. The fourth-order valence-electron chi connectivity index (χ4n) is 2.93. The summed E-state index contributed by atoms with van der Waals surface area (Å²) in [7, 11) is 3.65. The van der Waals surface area contributed by atoms with Gasteiger partial charge in [0.15, 0.2) is 12.6 Å². The van der Waals surface area contributed by atoms with Gasteiger partial charge in [0.05, 0.1) is 6.10 Å². The molecule has 0 aliphatic rings. The third kappa shape index (κ3) is 5.99. The van der Waals surface area contributed by atoms with Crippen LogP contribution in [0, 0.1) is 0 Å². The predicted octanol–water partition coefficient (Wildman–Crippen LogP) is 4.79. The van der Waals surface area contributed by atoms with Gasteiger partial charge in [-0.15, -0.1) is 0 Å². The molecule has 0 saturated heterocycles. The third-order valence-corrected chi connectivity index (χ3v) is 4.41. The Hall–Kier alpha value is -2.99. The van der Waals surface area contributed by atoms with E-state index in [0.29, 0.717) is 11.6 Å². The molecule has 3 aromatic rings. The number of anilines is 1. The average Bonchev–Trinajstić information content (AvgIpc) is 3.19. The fraction of sp³-hybridized carbons (Fsp3) is 0.348. The number of hydrogen-bond donors (Lipinski definition) is 0. The van der Waals surface area contributed by atoms with Crippen molar-refractivity contribution in [2.45, 2.75) is 26.4 Å². The number of methoxy groups -OCH3 is 1. The topological polar surface area (TPSA) is 57.0 Å². The van der Waals surface area contributed by atoms with Crippen LogP contribution in [-0.4, -0.2) is 38.8 Å². The number of likely N-dealkylation sites (N-methyl/N-ethyl adjacent to an activating group) is 1. The summed E-state index contributed by atoms with van der Waals surface area (Å²) in [5, 5.41) is 3.88. The van der Waals surface area contributed by atoms with Crippen molar-refractivity contribution in [3.63, 3.8) is 0 Å². The van der Waals surface area contributed by atoms with Crippen LogP contribution >= 0.6 is 0 Å². The quantitative estimate of drug-likeness (QED) is 0.459. The standard InChI is InChI=1S/C23H28N2O4/c1-17(2)28-21-7-5-6-18(14-21)12-13-25(3)20-10-8-19(9-11-20)22-15-23(24-29-22)27-16-26-4/h5-11,14-15,17H,12-13,16H2,1-4H3. The summed E-state index contributed by atoms with van der Waals surface area (Å²) in [6.45, 7) is 5.12. The number of aromatic nitrogens is 1. The van der Waals surface area contributed by atoms with Gasteiger partial charge in [-0.25, -0.2) is 0 Å². The first-order chi connectivity index (χ1) is 14.0. The van der Waals surface area contributed by atoms with Crippen LogP contribution in [0.15, 0.2) is 59.1 Å². The van der Waals surface area contributed by atoms with Gasteiger partial charge in [0.25, 0.3) is 5.88 Å². The minimum absolute atomic E-state index is 0.141. The van der Waals surface area contributed by atoms with Crippen molar-refractivity contribution in [3.8, 4) is 23.0 Å². The van der Waals surface area contributed by atoms with Crippen LogP contribution in [0.1, 0.15) is 19.4 Å². The lowest BCUT2D eigenvalue weighted by molar-refractivity contribution is 0.0453. The second-order valence-corrected chi connectivity index (χ2v) is 7.11. The molecule has 0 aliphatic heterocycles. The van der Waals surface area contributed by atoms with E-state index in [1.165, 1.54) is 5.56 Å². The van der Waals surface area contributed by atoms with Crippen molar-refractivity contribution in [3.05, 3.63) is 60.2 Å². The molecule has 0 spiro atoms. The van der Waals surface area contributed by atoms with Crippen molar-refractivity contribution >= 4 is 5.69 Å². The number of ether oxygens (including phenoxy) is 3. The Balaban J connectivity index is 1.57. The zero-order valence-electron chi connectivity index (χ0n) is 17.4. The molecule has 0 fully saturated rings. The van der Waals surface area contributed by atoms with Crippen LogP contribution in [0.5, 0.6) is 11.6 Å². The molecule has 0 saturated carbocycles. The highest BCUT2D eigenvalue weighted by Gasteiger charge is 2.09. The Morgan fingerprint density at radius 3 is 2.59 bits per heavy atom. The average molecular weight is 396 g/mol. The molecule has 0 amide bonds. The van der Waals surface area contributed by atoms with Crippen LogP contribution in [0.25, 0.3) is 11.3 Å². The van der Waals surface area contributed by atoms with Crippen LogP contribution in [0.3, 0.4) is 0 Å². The van der Waals surface area contributed by atoms with Gasteiger partial charge in [-0.1, -0.05) is 12.1 Å². The first-order valence-electron chi connectivity index (χ1n) is 9.71. The summed E-state index contributed by atoms with van der Waals surface area (Å²) >= 11 is 0. The maximum Gasteiger partial charge on any atom is 0.256 e. The van der Waals surface area contributed by atoms with Gasteiger partial charge in [0.1, 0.15) is 5.75 Å². The van der Waals surface area contributed by atoms with Crippen molar-refractivity contribution in [2.75, 3.05) is 32.4 Å². The number of benzene rings is 2. The molecule has 3 rings (SSSR count). The maximum absolute atomic E-state index is 5.78. The van der Waals surface area contributed by atoms with Gasteiger partial charge >= 0.3 is 0 Å². The molecule has 6 heteroatoms. The van der Waals surface area contributed by atoms with E-state index in [1.54, 1.807) is 13.2 Å². The molecule has 29 heavy (non-hydrogen) atoms. The van der Waals surface area contributed by atoms with Crippen LogP contribution < -0.4 is 14.4 Å². The number of nitrogens with zero attached hydrogens (tertiary/aromatic N) is 2. The van der Waals surface area contributed by atoms with Crippen molar-refractivity contribution in [1.29, 1.82) is 0 Å². The summed E-state index contributed by atoms with van der Waals surface area (Å²) in [6, 6.07) is 18.2. The Kier molecular flexibility index (Phi) is 7.14. The molecular formula is C23H28N2O4. The molecule has 0 N–H and O–H groups in total. The lowest BCUT2D eigenvalue weighted by Crippen LogP contribution is -2.20. The second kappa shape index (κ2) is 9.98. The van der Waals surface area contributed by atoms with Gasteiger partial charge in [0, 0.05) is 38.0 Å². The molecular weight excluding hydrogens is 368 g/mol. The Labute approximate surface area is 172 Å². The minimum Gasteiger partial charge on any atom is -0.491 e. The molecule has 0 unspecified atom stereocenters. The largest absolute Gasteiger partial charge is 0.491 e. The monoisotopic (exact) mass is 396 g/mol. The molecule has 0 aliphatic carbocycles. The highest BCUT2D eigenvalue weighted by molar-refractivity contribution is 5.62. The Bertz CT molecular complexity index is 890. The van der Waals surface area contributed by atoms with Crippen LogP contribution in [-0.2, 0) is 11.2 Å². The SMILES string of the molecule is COCOc1cc(-c2ccc(N(C)CCc3cccc(OC(C)C)c3)cc2)on1. The highest BCUT2D eigenvalue weighted by atomic mass is 16.7. The number of hydrogen-bond acceptors (Lipinski definition) is 6. The molecule has 154 valence electrons. The van der Waals surface area contributed by atoms with E-state index < -0.39 is 0 Å². The molecule has 0 bridgehead atoms. The minimum atomic E-state index is 0.141. The van der Waals surface area contributed by atoms with E-state index in [1.807, 2.05) is 38.1 Å². The van der Waals surface area contributed by atoms with Crippen molar-refractivity contribution in [1.82, 2.24) is 5.16 Å². The van der Waals surface area contributed by atoms with Crippen molar-refractivity contribution in [2.24, 2.45) is 0 Å². The van der Waals surface area contributed by atoms with Gasteiger partial charge in [-0.3, -0.25) is 0 Å². The number of rotatable bonds is 10. The summed E-state index contributed by atoms with van der Waals surface area (Å²) in [5.74, 6) is 1.99. The molecule has 1 heterocycles. The maximum atomic E-state index is 5.78. The first kappa shape index (κ1) is 20.7. The van der Waals surface area contributed by atoms with Crippen LogP contribution in [0.4, 0.5) is 5.69 Å². The van der Waals surface area contributed by atoms with E-state index in [4.69, 9.17) is 18.7 Å². The zero-order valence-corrected chi connectivity index (χ0v) is 17.4. The molecule has 0 atom stereocenters. The van der Waals surface area contributed by atoms with Crippen LogP contribution in [0.2, 0.25) is 0 Å². The summed E-state index contributed by atoms with van der Waals surface area (Å²) < 4.78 is 21.3. The highest BCUT2D eigenvalue weighted by Crippen LogP contribution is 2.26. The van der Waals surface area contributed by atoms with E-state index in [2.05, 4.69) is 41.4 Å². The Morgan fingerprint density at radius 2 is 1.86 bits per heavy atom. The fourth-order valence-corrected chi connectivity index (χ4v) is 2.93. The molecule has 6 nitrogen and oxygen atoms in total. The lowest BCUT2D eigenvalue weighted by atomic mass is 10.1.